The molecule has 1 aromatic carbocycles. The predicted molar refractivity (Wildman–Crippen MR) is 92.7 cm³/mol. The number of thiophene rings is 1. The van der Waals surface area contributed by atoms with E-state index in [-0.39, 0.29) is 18.2 Å². The minimum Gasteiger partial charge on any atom is -0.451 e. The largest absolute Gasteiger partial charge is 0.451 e. The Morgan fingerprint density at radius 3 is 2.88 bits per heavy atom. The van der Waals surface area contributed by atoms with Gasteiger partial charge in [0.1, 0.15) is 5.58 Å². The lowest BCUT2D eigenvalue weighted by atomic mass is 10.2. The SMILES string of the molecule is O=C(NCc1nccnc1-c1ccsc1)c1cc2ccccc2o1. The van der Waals surface area contributed by atoms with Crippen LogP contribution < -0.4 is 5.32 Å². The van der Waals surface area contributed by atoms with Gasteiger partial charge in [-0.2, -0.15) is 11.3 Å². The number of amides is 1. The molecule has 0 atom stereocenters. The second-order valence-corrected chi connectivity index (χ2v) is 5.97. The number of benzene rings is 1. The Morgan fingerprint density at radius 1 is 1.17 bits per heavy atom. The molecule has 0 saturated carbocycles. The van der Waals surface area contributed by atoms with Crippen molar-refractivity contribution in [1.29, 1.82) is 0 Å². The molecular weight excluding hydrogens is 322 g/mol. The molecule has 1 N–H and O–H groups in total. The van der Waals surface area contributed by atoms with Gasteiger partial charge in [0.15, 0.2) is 5.76 Å². The van der Waals surface area contributed by atoms with Gasteiger partial charge in [0, 0.05) is 28.7 Å². The van der Waals surface area contributed by atoms with E-state index in [1.165, 1.54) is 0 Å². The number of hydrogen-bond acceptors (Lipinski definition) is 5. The highest BCUT2D eigenvalue weighted by Gasteiger charge is 2.14. The van der Waals surface area contributed by atoms with E-state index >= 15 is 0 Å². The molecule has 1 amide bonds. The second kappa shape index (κ2) is 6.25. The van der Waals surface area contributed by atoms with E-state index in [9.17, 15) is 4.79 Å². The average molecular weight is 335 g/mol. The number of furan rings is 1. The van der Waals surface area contributed by atoms with Gasteiger partial charge in [0.25, 0.3) is 5.91 Å². The molecule has 24 heavy (non-hydrogen) atoms. The van der Waals surface area contributed by atoms with Crippen LogP contribution in [0.1, 0.15) is 16.2 Å². The second-order valence-electron chi connectivity index (χ2n) is 5.19. The molecule has 0 fully saturated rings. The van der Waals surface area contributed by atoms with Crippen LogP contribution in [0.15, 0.2) is 64.0 Å². The molecule has 3 heterocycles. The normalized spacial score (nSPS) is 10.8. The first-order valence-electron chi connectivity index (χ1n) is 7.40. The minimum absolute atomic E-state index is 0.270. The van der Waals surface area contributed by atoms with Crippen molar-refractivity contribution >= 4 is 28.2 Å². The number of aromatic nitrogens is 2. The van der Waals surface area contributed by atoms with Crippen LogP contribution in [0.5, 0.6) is 0 Å². The summed E-state index contributed by atoms with van der Waals surface area (Å²) < 4.78 is 5.57. The third-order valence-corrected chi connectivity index (χ3v) is 4.32. The fourth-order valence-corrected chi connectivity index (χ4v) is 3.12. The highest BCUT2D eigenvalue weighted by molar-refractivity contribution is 7.08. The lowest BCUT2D eigenvalue weighted by Gasteiger charge is -2.06. The van der Waals surface area contributed by atoms with E-state index in [0.29, 0.717) is 5.58 Å². The Labute approximate surface area is 142 Å². The number of nitrogens with zero attached hydrogens (tertiary/aromatic N) is 2. The molecule has 5 nitrogen and oxygen atoms in total. The topological polar surface area (TPSA) is 68.0 Å². The fraction of sp³-hybridized carbons (Fsp3) is 0.0556. The van der Waals surface area contributed by atoms with Gasteiger partial charge in [0.2, 0.25) is 0 Å². The van der Waals surface area contributed by atoms with E-state index in [1.54, 1.807) is 29.8 Å². The molecule has 0 spiro atoms. The van der Waals surface area contributed by atoms with Crippen molar-refractivity contribution in [3.63, 3.8) is 0 Å². The zero-order valence-electron chi connectivity index (χ0n) is 12.6. The van der Waals surface area contributed by atoms with Crippen molar-refractivity contribution in [2.24, 2.45) is 0 Å². The van der Waals surface area contributed by atoms with Crippen LogP contribution in [0, 0.1) is 0 Å². The third-order valence-electron chi connectivity index (χ3n) is 3.63. The van der Waals surface area contributed by atoms with E-state index in [2.05, 4.69) is 15.3 Å². The zero-order chi connectivity index (χ0) is 16.4. The number of para-hydroxylation sites is 1. The van der Waals surface area contributed by atoms with Gasteiger partial charge in [-0.3, -0.25) is 14.8 Å². The first-order chi connectivity index (χ1) is 11.8. The first kappa shape index (κ1) is 14.6. The number of fused-ring (bicyclic) bond motifs is 1. The Kier molecular flexibility index (Phi) is 3.80. The van der Waals surface area contributed by atoms with Crippen LogP contribution in [-0.4, -0.2) is 15.9 Å². The number of carbonyl (C=O) groups excluding carboxylic acids is 1. The molecule has 0 aliphatic rings. The molecular formula is C18H13N3O2S. The molecule has 118 valence electrons. The molecule has 0 radical (unpaired) electrons. The lowest BCUT2D eigenvalue weighted by Crippen LogP contribution is -2.23. The van der Waals surface area contributed by atoms with Crippen LogP contribution in [0.4, 0.5) is 0 Å². The monoisotopic (exact) mass is 335 g/mol. The number of nitrogens with one attached hydrogen (secondary N) is 1. The van der Waals surface area contributed by atoms with Crippen LogP contribution >= 0.6 is 11.3 Å². The van der Waals surface area contributed by atoms with Crippen LogP contribution in [0.2, 0.25) is 0 Å². The zero-order valence-corrected chi connectivity index (χ0v) is 13.4. The molecule has 0 bridgehead atoms. The van der Waals surface area contributed by atoms with Gasteiger partial charge in [0.05, 0.1) is 17.9 Å². The van der Waals surface area contributed by atoms with Gasteiger partial charge in [-0.25, -0.2) is 0 Å². The third kappa shape index (κ3) is 2.79. The quantitative estimate of drug-likeness (QED) is 0.614. The number of rotatable bonds is 4. The molecule has 4 rings (SSSR count). The maximum atomic E-state index is 12.3. The van der Waals surface area contributed by atoms with Crippen molar-refractivity contribution < 1.29 is 9.21 Å². The van der Waals surface area contributed by atoms with Gasteiger partial charge < -0.3 is 9.73 Å². The maximum Gasteiger partial charge on any atom is 0.287 e. The van der Waals surface area contributed by atoms with Gasteiger partial charge in [-0.15, -0.1) is 0 Å². The summed E-state index contributed by atoms with van der Waals surface area (Å²) in [5, 5.41) is 7.75. The van der Waals surface area contributed by atoms with Gasteiger partial charge >= 0.3 is 0 Å². The first-order valence-corrected chi connectivity index (χ1v) is 8.35. The summed E-state index contributed by atoms with van der Waals surface area (Å²) >= 11 is 1.60. The van der Waals surface area contributed by atoms with Gasteiger partial charge in [-0.05, 0) is 23.6 Å². The standard InChI is InChI=1S/C18H13N3O2S/c22-18(16-9-12-3-1-2-4-15(12)23-16)21-10-14-17(20-7-6-19-14)13-5-8-24-11-13/h1-9,11H,10H2,(H,21,22). The summed E-state index contributed by atoms with van der Waals surface area (Å²) in [6.07, 6.45) is 3.27. The maximum absolute atomic E-state index is 12.3. The van der Waals surface area contributed by atoms with E-state index < -0.39 is 0 Å². The molecule has 0 aliphatic carbocycles. The van der Waals surface area contributed by atoms with Crippen molar-refractivity contribution in [2.45, 2.75) is 6.54 Å². The summed E-state index contributed by atoms with van der Waals surface area (Å²) in [5.41, 5.74) is 3.20. The van der Waals surface area contributed by atoms with Crippen LogP contribution in [0.25, 0.3) is 22.2 Å². The average Bonchev–Trinajstić information content (AvgIpc) is 3.29. The van der Waals surface area contributed by atoms with Crippen molar-refractivity contribution in [2.75, 3.05) is 0 Å². The predicted octanol–water partition coefficient (Wildman–Crippen LogP) is 3.88. The Hall–Kier alpha value is -2.99. The molecule has 0 unspecified atom stereocenters. The lowest BCUT2D eigenvalue weighted by molar-refractivity contribution is 0.0925. The van der Waals surface area contributed by atoms with Crippen molar-refractivity contribution in [3.05, 3.63) is 71.0 Å². The molecule has 0 aliphatic heterocycles. The molecule has 0 saturated heterocycles. The molecule has 3 aromatic heterocycles. The Bertz CT molecular complexity index is 959. The van der Waals surface area contributed by atoms with E-state index in [4.69, 9.17) is 4.42 Å². The van der Waals surface area contributed by atoms with E-state index in [1.807, 2.05) is 41.1 Å². The highest BCUT2D eigenvalue weighted by atomic mass is 32.1. The van der Waals surface area contributed by atoms with Crippen molar-refractivity contribution in [1.82, 2.24) is 15.3 Å². The summed E-state index contributed by atoms with van der Waals surface area (Å²) in [6, 6.07) is 11.3. The van der Waals surface area contributed by atoms with Gasteiger partial charge in [-0.1, -0.05) is 18.2 Å². The Balaban J connectivity index is 1.54. The summed E-state index contributed by atoms with van der Waals surface area (Å²) in [5.74, 6) is 0.0188. The number of hydrogen-bond donors (Lipinski definition) is 1. The Morgan fingerprint density at radius 2 is 2.04 bits per heavy atom. The summed E-state index contributed by atoms with van der Waals surface area (Å²) in [4.78, 5) is 21.1. The summed E-state index contributed by atoms with van der Waals surface area (Å²) in [6.45, 7) is 0.287. The number of carbonyl (C=O) groups is 1. The van der Waals surface area contributed by atoms with Crippen LogP contribution in [0.3, 0.4) is 0 Å². The van der Waals surface area contributed by atoms with Crippen LogP contribution in [-0.2, 0) is 6.54 Å². The summed E-state index contributed by atoms with van der Waals surface area (Å²) in [7, 11) is 0. The highest BCUT2D eigenvalue weighted by Crippen LogP contribution is 2.22. The van der Waals surface area contributed by atoms with Crippen molar-refractivity contribution in [3.8, 4) is 11.3 Å². The fourth-order valence-electron chi connectivity index (χ4n) is 2.48. The minimum atomic E-state index is -0.270. The molecule has 4 aromatic rings. The smallest absolute Gasteiger partial charge is 0.287 e. The molecule has 6 heteroatoms. The van der Waals surface area contributed by atoms with E-state index in [0.717, 1.165) is 22.3 Å².